The van der Waals surface area contributed by atoms with Gasteiger partial charge in [0.25, 0.3) is 0 Å². The molecule has 0 bridgehead atoms. The average Bonchev–Trinajstić information content (AvgIpc) is 3.02. The molecule has 30 heavy (non-hydrogen) atoms. The summed E-state index contributed by atoms with van der Waals surface area (Å²) in [5, 5.41) is 3.40. The van der Waals surface area contributed by atoms with Gasteiger partial charge in [-0.3, -0.25) is 0 Å². The second kappa shape index (κ2) is 8.09. The van der Waals surface area contributed by atoms with Crippen LogP contribution in [0.15, 0.2) is 69.6 Å². The molecule has 0 aliphatic carbocycles. The van der Waals surface area contributed by atoms with Crippen molar-refractivity contribution >= 4 is 77.0 Å². The van der Waals surface area contributed by atoms with E-state index < -0.39 is 6.26 Å². The van der Waals surface area contributed by atoms with Gasteiger partial charge < -0.3 is 9.09 Å². The van der Waals surface area contributed by atoms with Crippen LogP contribution in [0.5, 0.6) is 5.75 Å². The van der Waals surface area contributed by atoms with Crippen LogP contribution in [0.1, 0.15) is 27.7 Å². The second-order valence-electron chi connectivity index (χ2n) is 8.35. The topological polar surface area (TPSA) is 14.2 Å². The Morgan fingerprint density at radius 1 is 0.933 bits per heavy atom. The Kier molecular flexibility index (Phi) is 5.95. The fourth-order valence-corrected chi connectivity index (χ4v) is 7.82. The molecule has 1 heterocycles. The van der Waals surface area contributed by atoms with Crippen molar-refractivity contribution < 1.29 is 4.52 Å². The van der Waals surface area contributed by atoms with Crippen LogP contribution in [0, 0.1) is 0 Å². The van der Waals surface area contributed by atoms with Crippen molar-refractivity contribution in [1.82, 2.24) is 4.57 Å². The SMILES string of the molecule is CCn1c2ccccc2c2cc(P(=S)(Oc3ccc(Br)cc3Br)C(C)(C)C)ccc21. The predicted molar refractivity (Wildman–Crippen MR) is 141 cm³/mol. The van der Waals surface area contributed by atoms with Crippen LogP contribution in [0.2, 0.25) is 0 Å². The van der Waals surface area contributed by atoms with Gasteiger partial charge in [0.05, 0.1) is 4.47 Å². The van der Waals surface area contributed by atoms with E-state index in [9.17, 15) is 0 Å². The lowest BCUT2D eigenvalue weighted by molar-refractivity contribution is 0.577. The summed E-state index contributed by atoms with van der Waals surface area (Å²) < 4.78 is 10.9. The molecule has 1 aromatic heterocycles. The fraction of sp³-hybridized carbons (Fsp3) is 0.250. The molecule has 156 valence electrons. The van der Waals surface area contributed by atoms with Gasteiger partial charge in [0.15, 0.2) is 0 Å². The van der Waals surface area contributed by atoms with Gasteiger partial charge in [0, 0.05) is 43.3 Å². The number of hydrogen-bond donors (Lipinski definition) is 0. The highest BCUT2D eigenvalue weighted by molar-refractivity contribution is 9.11. The molecule has 4 rings (SSSR count). The summed E-state index contributed by atoms with van der Waals surface area (Å²) >= 11 is 13.5. The molecule has 6 heteroatoms. The van der Waals surface area contributed by atoms with Gasteiger partial charge in [0.1, 0.15) is 12.0 Å². The zero-order chi connectivity index (χ0) is 21.7. The van der Waals surface area contributed by atoms with Crippen molar-refractivity contribution in [3.05, 3.63) is 69.6 Å². The van der Waals surface area contributed by atoms with E-state index in [4.69, 9.17) is 16.3 Å². The minimum Gasteiger partial charge on any atom is -0.460 e. The highest BCUT2D eigenvalue weighted by Gasteiger charge is 2.37. The van der Waals surface area contributed by atoms with E-state index in [2.05, 4.69) is 107 Å². The zero-order valence-electron chi connectivity index (χ0n) is 17.4. The van der Waals surface area contributed by atoms with Crippen LogP contribution in [0.3, 0.4) is 0 Å². The second-order valence-corrected chi connectivity index (χ2v) is 14.8. The Bertz CT molecular complexity index is 1310. The summed E-state index contributed by atoms with van der Waals surface area (Å²) in [6.45, 7) is 9.66. The van der Waals surface area contributed by atoms with Crippen molar-refractivity contribution in [2.75, 3.05) is 0 Å². The average molecular weight is 565 g/mol. The minimum atomic E-state index is -2.42. The molecule has 1 unspecified atom stereocenters. The first-order valence-corrected chi connectivity index (χ1v) is 14.2. The molecule has 0 fully saturated rings. The van der Waals surface area contributed by atoms with Crippen molar-refractivity contribution in [2.24, 2.45) is 0 Å². The van der Waals surface area contributed by atoms with E-state index in [1.165, 1.54) is 21.8 Å². The Morgan fingerprint density at radius 2 is 1.63 bits per heavy atom. The van der Waals surface area contributed by atoms with Crippen molar-refractivity contribution in [1.29, 1.82) is 0 Å². The quantitative estimate of drug-likeness (QED) is 0.232. The first kappa shape index (κ1) is 22.1. The number of aryl methyl sites for hydroxylation is 1. The summed E-state index contributed by atoms with van der Waals surface area (Å²) in [7, 11) is 0. The lowest BCUT2D eigenvalue weighted by atomic mass is 10.1. The fourth-order valence-electron chi connectivity index (χ4n) is 3.83. The number of benzene rings is 3. The van der Waals surface area contributed by atoms with Gasteiger partial charge in [-0.1, -0.05) is 54.9 Å². The van der Waals surface area contributed by atoms with Gasteiger partial charge >= 0.3 is 0 Å². The lowest BCUT2D eigenvalue weighted by Gasteiger charge is -2.35. The third-order valence-electron chi connectivity index (χ3n) is 5.42. The molecule has 4 aromatic rings. The Balaban J connectivity index is 1.94. The standard InChI is InChI=1S/C24H24Br2NOPS/c1-5-27-21-9-7-6-8-18(21)19-15-17(11-12-22(19)27)29(30,24(2,3)4)28-23-13-10-16(25)14-20(23)26/h6-15H,5H2,1-4H3. The van der Waals surface area contributed by atoms with Gasteiger partial charge in [0.2, 0.25) is 0 Å². The molecule has 1 atom stereocenters. The third kappa shape index (κ3) is 3.68. The van der Waals surface area contributed by atoms with E-state index in [0.29, 0.717) is 0 Å². The molecule has 0 saturated carbocycles. The third-order valence-corrected chi connectivity index (χ3v) is 12.2. The van der Waals surface area contributed by atoms with Gasteiger partial charge in [-0.2, -0.15) is 0 Å². The van der Waals surface area contributed by atoms with Crippen LogP contribution in [0.4, 0.5) is 0 Å². The van der Waals surface area contributed by atoms with Crippen molar-refractivity contribution in [3.8, 4) is 5.75 Å². The smallest absolute Gasteiger partial charge is 0.148 e. The maximum atomic E-state index is 6.68. The van der Waals surface area contributed by atoms with Crippen LogP contribution < -0.4 is 9.83 Å². The first-order chi connectivity index (χ1) is 14.2. The summed E-state index contributed by atoms with van der Waals surface area (Å²) in [5.74, 6) is 0.785. The van der Waals surface area contributed by atoms with Crippen LogP contribution in [0.25, 0.3) is 21.8 Å². The first-order valence-electron chi connectivity index (χ1n) is 9.92. The number of hydrogen-bond acceptors (Lipinski definition) is 2. The molecule has 0 amide bonds. The van der Waals surface area contributed by atoms with Crippen LogP contribution >= 0.6 is 38.1 Å². The molecule has 0 N–H and O–H groups in total. The molecule has 3 aromatic carbocycles. The highest BCUT2D eigenvalue weighted by Crippen LogP contribution is 2.58. The summed E-state index contributed by atoms with van der Waals surface area (Å²) in [6, 6.07) is 21.2. The normalized spacial score (nSPS) is 14.2. The Morgan fingerprint density at radius 3 is 2.30 bits per heavy atom. The number of halogens is 2. The van der Waals surface area contributed by atoms with Crippen molar-refractivity contribution in [3.63, 3.8) is 0 Å². The van der Waals surface area contributed by atoms with Crippen LogP contribution in [-0.4, -0.2) is 9.72 Å². The maximum absolute atomic E-state index is 6.68. The monoisotopic (exact) mass is 563 g/mol. The summed E-state index contributed by atoms with van der Waals surface area (Å²) in [6.07, 6.45) is -2.42. The van der Waals surface area contributed by atoms with Gasteiger partial charge in [-0.15, -0.1) is 0 Å². The van der Waals surface area contributed by atoms with Gasteiger partial charge in [-0.05, 0) is 77.1 Å². The minimum absolute atomic E-state index is 0.203. The number of rotatable bonds is 4. The summed E-state index contributed by atoms with van der Waals surface area (Å²) in [4.78, 5) is 0. The summed E-state index contributed by atoms with van der Waals surface area (Å²) in [5.41, 5.74) is 2.50. The molecule has 0 saturated heterocycles. The van der Waals surface area contributed by atoms with Crippen molar-refractivity contribution in [2.45, 2.75) is 39.4 Å². The molecule has 0 spiro atoms. The molecular weight excluding hydrogens is 541 g/mol. The lowest BCUT2D eigenvalue weighted by Crippen LogP contribution is -2.26. The van der Waals surface area contributed by atoms with E-state index in [0.717, 1.165) is 26.5 Å². The molecular formula is C24H24Br2NOPS. The van der Waals surface area contributed by atoms with Gasteiger partial charge in [-0.25, -0.2) is 0 Å². The highest BCUT2D eigenvalue weighted by atomic mass is 79.9. The number of para-hydroxylation sites is 1. The Hall–Kier alpha value is -1.13. The van der Waals surface area contributed by atoms with Crippen LogP contribution in [-0.2, 0) is 18.4 Å². The van der Waals surface area contributed by atoms with E-state index in [-0.39, 0.29) is 5.16 Å². The van der Waals surface area contributed by atoms with E-state index in [1.807, 2.05) is 18.2 Å². The Labute approximate surface area is 200 Å². The number of fused-ring (bicyclic) bond motifs is 3. The number of nitrogens with zero attached hydrogens (tertiary/aromatic N) is 1. The largest absolute Gasteiger partial charge is 0.460 e. The van der Waals surface area contributed by atoms with E-state index in [1.54, 1.807) is 0 Å². The molecule has 0 aliphatic rings. The molecule has 2 nitrogen and oxygen atoms in total. The van der Waals surface area contributed by atoms with E-state index >= 15 is 0 Å². The molecule has 0 radical (unpaired) electrons. The molecule has 0 aliphatic heterocycles. The maximum Gasteiger partial charge on any atom is 0.148 e. The predicted octanol–water partition coefficient (Wildman–Crippen LogP) is 8.24. The zero-order valence-corrected chi connectivity index (χ0v) is 22.3. The number of aromatic nitrogens is 1.